The first-order valence-corrected chi connectivity index (χ1v) is 8.77. The molecule has 0 fully saturated rings. The van der Waals surface area contributed by atoms with Gasteiger partial charge in [0.1, 0.15) is 5.82 Å². The number of aromatic nitrogens is 2. The van der Waals surface area contributed by atoms with Crippen molar-refractivity contribution in [3.63, 3.8) is 0 Å². The normalized spacial score (nSPS) is 11.3. The topological polar surface area (TPSA) is 67.6 Å². The van der Waals surface area contributed by atoms with Crippen molar-refractivity contribution in [1.82, 2.24) is 14.0 Å². The van der Waals surface area contributed by atoms with E-state index in [1.807, 2.05) is 49.3 Å². The van der Waals surface area contributed by atoms with Crippen LogP contribution in [0.15, 0.2) is 52.1 Å². The second-order valence-corrected chi connectivity index (χ2v) is 6.63. The smallest absolute Gasteiger partial charge is 0.309 e. The van der Waals surface area contributed by atoms with E-state index >= 15 is 0 Å². The Morgan fingerprint density at radius 1 is 1.04 bits per heavy atom. The van der Waals surface area contributed by atoms with Crippen molar-refractivity contribution in [2.24, 2.45) is 14.1 Å². The molecule has 1 heterocycles. The number of amides is 1. The Kier molecular flexibility index (Phi) is 6.90. The van der Waals surface area contributed by atoms with Crippen LogP contribution in [0.2, 0.25) is 0 Å². The Bertz CT molecular complexity index is 926. The summed E-state index contributed by atoms with van der Waals surface area (Å²) in [6.45, 7) is 1.18. The van der Waals surface area contributed by atoms with Crippen LogP contribution in [0.25, 0.3) is 6.08 Å². The number of hydrogen-bond acceptors (Lipinski definition) is 4. The number of carbonyl (C=O) groups excluding carboxylic acids is 1. The van der Waals surface area contributed by atoms with Crippen molar-refractivity contribution in [2.75, 3.05) is 32.1 Å². The number of carbonyl (C=O) groups is 1. The van der Waals surface area contributed by atoms with Gasteiger partial charge in [-0.05, 0) is 38.7 Å². The molecule has 1 aromatic carbocycles. The lowest BCUT2D eigenvalue weighted by atomic mass is 10.2. The van der Waals surface area contributed by atoms with Gasteiger partial charge in [-0.1, -0.05) is 30.3 Å². The van der Waals surface area contributed by atoms with Gasteiger partial charge in [0.25, 0.3) is 11.5 Å². The van der Waals surface area contributed by atoms with Crippen LogP contribution >= 0.6 is 0 Å². The summed E-state index contributed by atoms with van der Waals surface area (Å²) in [5.41, 5.74) is -0.00236. The van der Waals surface area contributed by atoms with Crippen molar-refractivity contribution in [1.29, 1.82) is 0 Å². The highest BCUT2D eigenvalue weighted by molar-refractivity contribution is 6.03. The second kappa shape index (κ2) is 9.14. The number of nitrogens with zero attached hydrogens (tertiary/aromatic N) is 4. The zero-order valence-electron chi connectivity index (χ0n) is 16.3. The minimum absolute atomic E-state index is 0.277. The monoisotopic (exact) mass is 370 g/mol. The van der Waals surface area contributed by atoms with E-state index in [0.29, 0.717) is 18.8 Å². The lowest BCUT2D eigenvalue weighted by Crippen LogP contribution is -2.42. The van der Waals surface area contributed by atoms with Crippen molar-refractivity contribution in [2.45, 2.75) is 6.42 Å². The average Bonchev–Trinajstić information content (AvgIpc) is 2.65. The number of rotatable bonds is 7. The lowest BCUT2D eigenvalue weighted by molar-refractivity contribution is -0.114. The zero-order valence-corrected chi connectivity index (χ0v) is 16.3. The number of anilines is 1. The van der Waals surface area contributed by atoms with Gasteiger partial charge in [0.2, 0.25) is 0 Å². The maximum Gasteiger partial charge on any atom is 0.332 e. The molecule has 0 atom stereocenters. The fourth-order valence-corrected chi connectivity index (χ4v) is 2.68. The molecule has 7 nitrogen and oxygen atoms in total. The first-order valence-electron chi connectivity index (χ1n) is 8.77. The largest absolute Gasteiger partial charge is 0.332 e. The molecule has 0 N–H and O–H groups in total. The standard InChI is InChI=1S/C20H26N4O3/c1-21(2)13-8-14-24(17-15-19(26)23(4)20(27)22(17)3)18(25)12-11-16-9-6-5-7-10-16/h5-7,9-12,15H,8,13-14H2,1-4H3/b12-11+. The quantitative estimate of drug-likeness (QED) is 0.684. The van der Waals surface area contributed by atoms with Crippen LogP contribution in [0, 0.1) is 0 Å². The lowest BCUT2D eigenvalue weighted by Gasteiger charge is -2.24. The molecule has 2 aromatic rings. The van der Waals surface area contributed by atoms with E-state index in [0.717, 1.165) is 16.7 Å². The van der Waals surface area contributed by atoms with Gasteiger partial charge in [-0.25, -0.2) is 4.79 Å². The van der Waals surface area contributed by atoms with Gasteiger partial charge >= 0.3 is 5.69 Å². The predicted molar refractivity (Wildman–Crippen MR) is 108 cm³/mol. The molecule has 0 aliphatic carbocycles. The first kappa shape index (κ1) is 20.4. The van der Waals surface area contributed by atoms with Gasteiger partial charge < -0.3 is 4.90 Å². The SMILES string of the molecule is CN(C)CCCN(C(=O)/C=C/c1ccccc1)c1cc(=O)n(C)c(=O)n1C. The minimum Gasteiger partial charge on any atom is -0.309 e. The summed E-state index contributed by atoms with van der Waals surface area (Å²) in [7, 11) is 6.89. The maximum absolute atomic E-state index is 12.9. The van der Waals surface area contributed by atoms with E-state index in [4.69, 9.17) is 0 Å². The Labute approximate surface area is 158 Å². The third-order valence-electron chi connectivity index (χ3n) is 4.25. The molecule has 0 radical (unpaired) electrons. The average molecular weight is 370 g/mol. The number of benzene rings is 1. The Balaban J connectivity index is 2.37. The third kappa shape index (κ3) is 5.27. The molecule has 1 amide bonds. The fraction of sp³-hybridized carbons (Fsp3) is 0.350. The van der Waals surface area contributed by atoms with E-state index in [9.17, 15) is 14.4 Å². The molecule has 1 aromatic heterocycles. The van der Waals surface area contributed by atoms with Crippen molar-refractivity contribution < 1.29 is 4.79 Å². The molecule has 27 heavy (non-hydrogen) atoms. The molecule has 0 saturated heterocycles. The van der Waals surface area contributed by atoms with Gasteiger partial charge in [-0.3, -0.25) is 23.6 Å². The van der Waals surface area contributed by atoms with Crippen molar-refractivity contribution in [3.05, 3.63) is 68.9 Å². The van der Waals surface area contributed by atoms with Crippen LogP contribution in [0.1, 0.15) is 12.0 Å². The third-order valence-corrected chi connectivity index (χ3v) is 4.25. The Hall–Kier alpha value is -2.93. The van der Waals surface area contributed by atoms with Gasteiger partial charge in [0, 0.05) is 32.8 Å². The van der Waals surface area contributed by atoms with Gasteiger partial charge in [-0.2, -0.15) is 0 Å². The molecular formula is C20H26N4O3. The van der Waals surface area contributed by atoms with E-state index < -0.39 is 11.2 Å². The van der Waals surface area contributed by atoms with Crippen LogP contribution in [0.4, 0.5) is 5.82 Å². The summed E-state index contributed by atoms with van der Waals surface area (Å²) in [6.07, 6.45) is 3.90. The van der Waals surface area contributed by atoms with Crippen molar-refractivity contribution in [3.8, 4) is 0 Å². The molecule has 0 spiro atoms. The van der Waals surface area contributed by atoms with Gasteiger partial charge in [0.15, 0.2) is 0 Å². The van der Waals surface area contributed by atoms with Crippen LogP contribution in [0.5, 0.6) is 0 Å². The summed E-state index contributed by atoms with van der Waals surface area (Å²) < 4.78 is 2.34. The summed E-state index contributed by atoms with van der Waals surface area (Å²) >= 11 is 0. The second-order valence-electron chi connectivity index (χ2n) is 6.63. The Morgan fingerprint density at radius 3 is 2.33 bits per heavy atom. The van der Waals surface area contributed by atoms with E-state index in [2.05, 4.69) is 0 Å². The summed E-state index contributed by atoms with van der Waals surface area (Å²) in [6, 6.07) is 10.8. The first-order chi connectivity index (χ1) is 12.8. The van der Waals surface area contributed by atoms with Crippen molar-refractivity contribution >= 4 is 17.8 Å². The molecule has 7 heteroatoms. The summed E-state index contributed by atoms with van der Waals surface area (Å²) in [5.74, 6) is 0.0189. The van der Waals surface area contributed by atoms with Crippen LogP contribution in [-0.4, -0.2) is 47.1 Å². The highest BCUT2D eigenvalue weighted by Crippen LogP contribution is 2.12. The summed E-state index contributed by atoms with van der Waals surface area (Å²) in [4.78, 5) is 40.7. The molecular weight excluding hydrogens is 344 g/mol. The highest BCUT2D eigenvalue weighted by Gasteiger charge is 2.18. The zero-order chi connectivity index (χ0) is 20.0. The fourth-order valence-electron chi connectivity index (χ4n) is 2.68. The van der Waals surface area contributed by atoms with E-state index in [-0.39, 0.29) is 5.91 Å². The molecule has 0 aliphatic heterocycles. The summed E-state index contributed by atoms with van der Waals surface area (Å²) in [5, 5.41) is 0. The molecule has 0 unspecified atom stereocenters. The molecule has 2 rings (SSSR count). The molecule has 0 aliphatic rings. The van der Waals surface area contributed by atoms with Crippen LogP contribution < -0.4 is 16.1 Å². The molecule has 0 bridgehead atoms. The Morgan fingerprint density at radius 2 is 1.70 bits per heavy atom. The van der Waals surface area contributed by atoms with E-state index in [1.165, 1.54) is 28.7 Å². The van der Waals surface area contributed by atoms with Gasteiger partial charge in [-0.15, -0.1) is 0 Å². The van der Waals surface area contributed by atoms with Crippen LogP contribution in [-0.2, 0) is 18.9 Å². The minimum atomic E-state index is -0.463. The van der Waals surface area contributed by atoms with Gasteiger partial charge in [0.05, 0.1) is 0 Å². The van der Waals surface area contributed by atoms with E-state index in [1.54, 1.807) is 13.1 Å². The highest BCUT2D eigenvalue weighted by atomic mass is 16.2. The molecule has 144 valence electrons. The maximum atomic E-state index is 12.9. The predicted octanol–water partition coefficient (Wildman–Crippen LogP) is 1.08. The van der Waals surface area contributed by atoms with Crippen LogP contribution in [0.3, 0.4) is 0 Å². The number of hydrogen-bond donors (Lipinski definition) is 0. The molecule has 0 saturated carbocycles.